The predicted molar refractivity (Wildman–Crippen MR) is 67.4 cm³/mol. The zero-order chi connectivity index (χ0) is 13.0. The van der Waals surface area contributed by atoms with Crippen LogP contribution in [0, 0.1) is 5.92 Å². The number of carbonyl (C=O) groups excluding carboxylic acids is 1. The van der Waals surface area contributed by atoms with Gasteiger partial charge >= 0.3 is 5.97 Å². The van der Waals surface area contributed by atoms with Gasteiger partial charge in [-0.05, 0) is 18.1 Å². The third kappa shape index (κ3) is 3.07. The quantitative estimate of drug-likeness (QED) is 0.722. The molecule has 1 fully saturated rings. The SMILES string of the molecule is O=C(O)CCc1ccccc1NC(=O)C1CNC1. The number of aliphatic carboxylic acids is 1. The first-order valence-electron chi connectivity index (χ1n) is 5.98. The Morgan fingerprint density at radius 2 is 2.06 bits per heavy atom. The summed E-state index contributed by atoms with van der Waals surface area (Å²) < 4.78 is 0. The minimum absolute atomic E-state index is 0.00322. The number of aryl methyl sites for hydroxylation is 1. The first-order valence-corrected chi connectivity index (χ1v) is 5.98. The lowest BCUT2D eigenvalue weighted by Crippen LogP contribution is -2.48. The van der Waals surface area contributed by atoms with Crippen LogP contribution in [0.3, 0.4) is 0 Å². The number of benzene rings is 1. The van der Waals surface area contributed by atoms with E-state index < -0.39 is 5.97 Å². The summed E-state index contributed by atoms with van der Waals surface area (Å²) in [4.78, 5) is 22.4. The molecule has 0 aromatic heterocycles. The Kier molecular flexibility index (Phi) is 3.94. The molecule has 1 amide bonds. The molecule has 5 heteroatoms. The van der Waals surface area contributed by atoms with E-state index in [-0.39, 0.29) is 18.2 Å². The molecule has 0 radical (unpaired) electrons. The number of hydrogen-bond acceptors (Lipinski definition) is 3. The summed E-state index contributed by atoms with van der Waals surface area (Å²) in [6, 6.07) is 7.33. The van der Waals surface area contributed by atoms with Crippen LogP contribution in [0.1, 0.15) is 12.0 Å². The van der Waals surface area contributed by atoms with E-state index in [4.69, 9.17) is 5.11 Å². The first-order chi connectivity index (χ1) is 8.66. The van der Waals surface area contributed by atoms with E-state index in [0.717, 1.165) is 11.3 Å². The van der Waals surface area contributed by atoms with Crippen LogP contribution in [-0.4, -0.2) is 30.1 Å². The summed E-state index contributed by atoms with van der Waals surface area (Å²) in [6.07, 6.45) is 0.493. The highest BCUT2D eigenvalue weighted by Gasteiger charge is 2.25. The maximum atomic E-state index is 11.8. The summed E-state index contributed by atoms with van der Waals surface area (Å²) in [6.45, 7) is 1.42. The van der Waals surface area contributed by atoms with Gasteiger partial charge in [-0.3, -0.25) is 9.59 Å². The van der Waals surface area contributed by atoms with Gasteiger partial charge in [0.1, 0.15) is 0 Å². The van der Waals surface area contributed by atoms with Crippen molar-refractivity contribution in [1.29, 1.82) is 0 Å². The zero-order valence-electron chi connectivity index (χ0n) is 9.98. The topological polar surface area (TPSA) is 78.4 Å². The molecule has 0 unspecified atom stereocenters. The van der Waals surface area contributed by atoms with E-state index in [2.05, 4.69) is 10.6 Å². The molecule has 1 saturated heterocycles. The van der Waals surface area contributed by atoms with Crippen molar-refractivity contribution in [2.45, 2.75) is 12.8 Å². The van der Waals surface area contributed by atoms with Gasteiger partial charge in [0.15, 0.2) is 0 Å². The van der Waals surface area contributed by atoms with Gasteiger partial charge in [-0.2, -0.15) is 0 Å². The van der Waals surface area contributed by atoms with Gasteiger partial charge in [-0.15, -0.1) is 0 Å². The molecule has 1 aromatic rings. The van der Waals surface area contributed by atoms with E-state index in [1.54, 1.807) is 6.07 Å². The van der Waals surface area contributed by atoms with Crippen LogP contribution in [0.2, 0.25) is 0 Å². The minimum atomic E-state index is -0.834. The molecule has 1 aliphatic rings. The van der Waals surface area contributed by atoms with E-state index in [9.17, 15) is 9.59 Å². The molecule has 1 heterocycles. The lowest BCUT2D eigenvalue weighted by Gasteiger charge is -2.26. The molecule has 96 valence electrons. The molecule has 5 nitrogen and oxygen atoms in total. The van der Waals surface area contributed by atoms with Crippen molar-refractivity contribution < 1.29 is 14.7 Å². The third-order valence-corrected chi connectivity index (χ3v) is 3.04. The molecule has 1 aromatic carbocycles. The molecule has 3 N–H and O–H groups in total. The number of nitrogens with one attached hydrogen (secondary N) is 2. The van der Waals surface area contributed by atoms with Gasteiger partial charge in [0, 0.05) is 25.2 Å². The minimum Gasteiger partial charge on any atom is -0.481 e. The van der Waals surface area contributed by atoms with Gasteiger partial charge in [0.25, 0.3) is 0 Å². The van der Waals surface area contributed by atoms with E-state index in [1.807, 2.05) is 18.2 Å². The lowest BCUT2D eigenvalue weighted by molar-refractivity contribution is -0.137. The summed E-state index contributed by atoms with van der Waals surface area (Å²) in [5.41, 5.74) is 1.58. The van der Waals surface area contributed by atoms with Crippen LogP contribution >= 0.6 is 0 Å². The Balaban J connectivity index is 2.01. The third-order valence-electron chi connectivity index (χ3n) is 3.04. The number of carboxylic acids is 1. The molecule has 0 bridgehead atoms. The highest BCUT2D eigenvalue weighted by molar-refractivity contribution is 5.94. The zero-order valence-corrected chi connectivity index (χ0v) is 9.98. The molecule has 0 atom stereocenters. The van der Waals surface area contributed by atoms with Gasteiger partial charge in [-0.25, -0.2) is 0 Å². The highest BCUT2D eigenvalue weighted by Crippen LogP contribution is 2.18. The molecule has 0 spiro atoms. The van der Waals surface area contributed by atoms with Gasteiger partial charge in [-0.1, -0.05) is 18.2 Å². The summed E-state index contributed by atoms with van der Waals surface area (Å²) in [5.74, 6) is -0.812. The van der Waals surface area contributed by atoms with Crippen LogP contribution in [0.25, 0.3) is 0 Å². The van der Waals surface area contributed by atoms with Gasteiger partial charge in [0.05, 0.1) is 5.92 Å². The lowest BCUT2D eigenvalue weighted by atomic mass is 10.0. The van der Waals surface area contributed by atoms with Gasteiger partial charge in [0.2, 0.25) is 5.91 Å². The Bertz CT molecular complexity index is 455. The Hall–Kier alpha value is -1.88. The predicted octanol–water partition coefficient (Wildman–Crippen LogP) is 0.862. The Morgan fingerprint density at radius 1 is 1.33 bits per heavy atom. The largest absolute Gasteiger partial charge is 0.481 e. The van der Waals surface area contributed by atoms with Crippen molar-refractivity contribution in [2.24, 2.45) is 5.92 Å². The fourth-order valence-corrected chi connectivity index (χ4v) is 1.81. The van der Waals surface area contributed by atoms with Crippen molar-refractivity contribution >= 4 is 17.6 Å². The number of amides is 1. The normalized spacial score (nSPS) is 14.9. The fraction of sp³-hybridized carbons (Fsp3) is 0.385. The van der Waals surface area contributed by atoms with Crippen LogP contribution < -0.4 is 10.6 Å². The number of carboxylic acid groups (broad SMARTS) is 1. The second kappa shape index (κ2) is 5.64. The second-order valence-electron chi connectivity index (χ2n) is 4.40. The molecule has 2 rings (SSSR count). The highest BCUT2D eigenvalue weighted by atomic mass is 16.4. The monoisotopic (exact) mass is 248 g/mol. The van der Waals surface area contributed by atoms with E-state index >= 15 is 0 Å². The Labute approximate surface area is 105 Å². The average molecular weight is 248 g/mol. The standard InChI is InChI=1S/C13H16N2O3/c16-12(17)6-5-9-3-1-2-4-11(9)15-13(18)10-7-14-8-10/h1-4,10,14H,5-8H2,(H,15,18)(H,16,17). The summed E-state index contributed by atoms with van der Waals surface area (Å²) >= 11 is 0. The van der Waals surface area contributed by atoms with Crippen LogP contribution in [-0.2, 0) is 16.0 Å². The summed E-state index contributed by atoms with van der Waals surface area (Å²) in [7, 11) is 0. The number of carbonyl (C=O) groups is 2. The molecule has 0 aliphatic carbocycles. The molecular formula is C13H16N2O3. The average Bonchev–Trinajstić information content (AvgIpc) is 2.25. The van der Waals surface area contributed by atoms with E-state index in [0.29, 0.717) is 19.5 Å². The maximum absolute atomic E-state index is 11.8. The van der Waals surface area contributed by atoms with Crippen molar-refractivity contribution in [2.75, 3.05) is 18.4 Å². The molecular weight excluding hydrogens is 232 g/mol. The fourth-order valence-electron chi connectivity index (χ4n) is 1.81. The van der Waals surface area contributed by atoms with Crippen LogP contribution in [0.15, 0.2) is 24.3 Å². The second-order valence-corrected chi connectivity index (χ2v) is 4.40. The number of rotatable bonds is 5. The molecule has 1 aliphatic heterocycles. The summed E-state index contributed by atoms with van der Waals surface area (Å²) in [5, 5.41) is 14.6. The smallest absolute Gasteiger partial charge is 0.303 e. The van der Waals surface area contributed by atoms with Crippen LogP contribution in [0.5, 0.6) is 0 Å². The van der Waals surface area contributed by atoms with Gasteiger partial charge < -0.3 is 15.7 Å². The Morgan fingerprint density at radius 3 is 2.67 bits per heavy atom. The van der Waals surface area contributed by atoms with Crippen molar-refractivity contribution in [3.05, 3.63) is 29.8 Å². The van der Waals surface area contributed by atoms with Crippen molar-refractivity contribution in [3.63, 3.8) is 0 Å². The maximum Gasteiger partial charge on any atom is 0.303 e. The van der Waals surface area contributed by atoms with Crippen LogP contribution in [0.4, 0.5) is 5.69 Å². The molecule has 0 saturated carbocycles. The number of hydrogen-bond donors (Lipinski definition) is 3. The van der Waals surface area contributed by atoms with E-state index in [1.165, 1.54) is 0 Å². The first kappa shape index (κ1) is 12.6. The molecule has 18 heavy (non-hydrogen) atoms. The number of para-hydroxylation sites is 1. The van der Waals surface area contributed by atoms with Crippen molar-refractivity contribution in [1.82, 2.24) is 5.32 Å². The number of anilines is 1. The van der Waals surface area contributed by atoms with Crippen molar-refractivity contribution in [3.8, 4) is 0 Å².